The second kappa shape index (κ2) is 5.31. The molecule has 2 aliphatic heterocycles. The van der Waals surface area contributed by atoms with Gasteiger partial charge in [-0.05, 0) is 30.5 Å². The molecule has 0 fully saturated rings. The second-order valence-electron chi connectivity index (χ2n) is 5.61. The van der Waals surface area contributed by atoms with Crippen LogP contribution in [0, 0.1) is 5.92 Å². The summed E-state index contributed by atoms with van der Waals surface area (Å²) in [5, 5.41) is 3.66. The first-order chi connectivity index (χ1) is 9.74. The molecule has 3 nitrogen and oxygen atoms in total. The summed E-state index contributed by atoms with van der Waals surface area (Å²) in [6.45, 7) is 4.37. The molecule has 2 heterocycles. The number of nitrogens with one attached hydrogen (secondary N) is 1. The smallest absolute Gasteiger partial charge is 0.331 e. The number of ether oxygens (including phenoxy) is 1. The summed E-state index contributed by atoms with van der Waals surface area (Å²) in [7, 11) is 0. The fraction of sp³-hybridized carbons (Fsp3) is 0.471. The Morgan fingerprint density at radius 1 is 1.25 bits per heavy atom. The first-order valence-electron chi connectivity index (χ1n) is 7.52. The Hall–Kier alpha value is -1.77. The van der Waals surface area contributed by atoms with Crippen molar-refractivity contribution in [2.24, 2.45) is 5.92 Å². The van der Waals surface area contributed by atoms with Gasteiger partial charge >= 0.3 is 5.97 Å². The molecule has 0 saturated heterocycles. The lowest BCUT2D eigenvalue weighted by atomic mass is 9.79. The second-order valence-corrected chi connectivity index (χ2v) is 5.61. The molecule has 1 aromatic rings. The standard InChI is InChI=1S/C17H21NO2/c1-3-6-13-12(4-2)17-16-11(9-10-15(19)20-17)7-5-8-14(16)18-13/h5,7-10,12-13,17-18H,3-4,6H2,1-2H3. The van der Waals surface area contributed by atoms with Crippen LogP contribution in [0.5, 0.6) is 0 Å². The van der Waals surface area contributed by atoms with Crippen molar-refractivity contribution in [2.75, 3.05) is 5.32 Å². The molecule has 3 atom stereocenters. The van der Waals surface area contributed by atoms with Crippen LogP contribution in [-0.2, 0) is 9.53 Å². The third-order valence-corrected chi connectivity index (χ3v) is 4.38. The fourth-order valence-corrected chi connectivity index (χ4v) is 3.47. The molecule has 0 saturated carbocycles. The Morgan fingerprint density at radius 2 is 2.10 bits per heavy atom. The number of hydrogen-bond donors (Lipinski definition) is 1. The van der Waals surface area contributed by atoms with E-state index in [1.807, 2.05) is 12.1 Å². The van der Waals surface area contributed by atoms with Crippen molar-refractivity contribution in [1.29, 1.82) is 0 Å². The molecule has 2 aliphatic rings. The highest BCUT2D eigenvalue weighted by atomic mass is 16.5. The van der Waals surface area contributed by atoms with E-state index in [0.717, 1.165) is 36.1 Å². The molecule has 0 amide bonds. The summed E-state index contributed by atoms with van der Waals surface area (Å²) >= 11 is 0. The zero-order valence-corrected chi connectivity index (χ0v) is 12.1. The lowest BCUT2D eigenvalue weighted by molar-refractivity contribution is -0.146. The van der Waals surface area contributed by atoms with Gasteiger partial charge in [-0.15, -0.1) is 0 Å². The summed E-state index contributed by atoms with van der Waals surface area (Å²) in [5.74, 6) is 0.111. The Balaban J connectivity index is 2.09. The highest BCUT2D eigenvalue weighted by molar-refractivity contribution is 5.89. The quantitative estimate of drug-likeness (QED) is 0.847. The maximum Gasteiger partial charge on any atom is 0.331 e. The van der Waals surface area contributed by atoms with Crippen molar-refractivity contribution < 1.29 is 9.53 Å². The van der Waals surface area contributed by atoms with Gasteiger partial charge in [-0.3, -0.25) is 0 Å². The van der Waals surface area contributed by atoms with Crippen LogP contribution in [0.15, 0.2) is 24.3 Å². The number of carbonyl (C=O) groups is 1. The zero-order chi connectivity index (χ0) is 14.1. The van der Waals surface area contributed by atoms with Crippen molar-refractivity contribution in [3.05, 3.63) is 35.4 Å². The van der Waals surface area contributed by atoms with Gasteiger partial charge in [-0.25, -0.2) is 4.79 Å². The maximum absolute atomic E-state index is 11.9. The lowest BCUT2D eigenvalue weighted by Crippen LogP contribution is -2.39. The normalized spacial score (nSPS) is 27.3. The van der Waals surface area contributed by atoms with Crippen LogP contribution >= 0.6 is 0 Å². The van der Waals surface area contributed by atoms with Crippen LogP contribution < -0.4 is 5.32 Å². The van der Waals surface area contributed by atoms with E-state index in [1.54, 1.807) is 0 Å². The third-order valence-electron chi connectivity index (χ3n) is 4.38. The monoisotopic (exact) mass is 271 g/mol. The van der Waals surface area contributed by atoms with Gasteiger partial charge in [-0.1, -0.05) is 32.4 Å². The topological polar surface area (TPSA) is 38.3 Å². The van der Waals surface area contributed by atoms with Gasteiger partial charge in [0.2, 0.25) is 0 Å². The van der Waals surface area contributed by atoms with E-state index in [4.69, 9.17) is 4.74 Å². The van der Waals surface area contributed by atoms with E-state index in [2.05, 4.69) is 31.3 Å². The predicted octanol–water partition coefficient (Wildman–Crippen LogP) is 3.92. The van der Waals surface area contributed by atoms with Gasteiger partial charge in [0, 0.05) is 29.3 Å². The molecule has 20 heavy (non-hydrogen) atoms. The Kier molecular flexibility index (Phi) is 3.51. The fourth-order valence-electron chi connectivity index (χ4n) is 3.47. The molecule has 1 aromatic carbocycles. The van der Waals surface area contributed by atoms with Crippen molar-refractivity contribution >= 4 is 17.7 Å². The molecule has 0 aliphatic carbocycles. The molecule has 1 N–H and O–H groups in total. The highest BCUT2D eigenvalue weighted by Gasteiger charge is 2.39. The summed E-state index contributed by atoms with van der Waals surface area (Å²) in [6, 6.07) is 6.56. The predicted molar refractivity (Wildman–Crippen MR) is 80.4 cm³/mol. The summed E-state index contributed by atoms with van der Waals surface area (Å²) in [6.07, 6.45) is 6.52. The van der Waals surface area contributed by atoms with Crippen molar-refractivity contribution in [3.8, 4) is 0 Å². The van der Waals surface area contributed by atoms with E-state index in [9.17, 15) is 4.79 Å². The van der Waals surface area contributed by atoms with E-state index in [1.165, 1.54) is 6.08 Å². The number of esters is 1. The number of carbonyl (C=O) groups excluding carboxylic acids is 1. The van der Waals surface area contributed by atoms with E-state index < -0.39 is 0 Å². The van der Waals surface area contributed by atoms with Crippen molar-refractivity contribution in [2.45, 2.75) is 45.3 Å². The summed E-state index contributed by atoms with van der Waals surface area (Å²) in [4.78, 5) is 11.9. The first-order valence-corrected chi connectivity index (χ1v) is 7.52. The highest BCUT2D eigenvalue weighted by Crippen LogP contribution is 2.45. The van der Waals surface area contributed by atoms with E-state index in [0.29, 0.717) is 12.0 Å². The maximum atomic E-state index is 11.9. The summed E-state index contributed by atoms with van der Waals surface area (Å²) in [5.41, 5.74) is 3.36. The third kappa shape index (κ3) is 2.11. The Morgan fingerprint density at radius 3 is 2.85 bits per heavy atom. The van der Waals surface area contributed by atoms with Crippen LogP contribution in [0.1, 0.15) is 50.3 Å². The Bertz CT molecular complexity index is 550. The Labute approximate surface area is 120 Å². The number of rotatable bonds is 3. The zero-order valence-electron chi connectivity index (χ0n) is 12.1. The summed E-state index contributed by atoms with van der Waals surface area (Å²) < 4.78 is 5.73. The molecule has 106 valence electrons. The van der Waals surface area contributed by atoms with E-state index >= 15 is 0 Å². The van der Waals surface area contributed by atoms with E-state index in [-0.39, 0.29) is 12.1 Å². The largest absolute Gasteiger partial charge is 0.454 e. The number of anilines is 1. The first kappa shape index (κ1) is 13.2. The van der Waals surface area contributed by atoms with Gasteiger partial charge in [0.1, 0.15) is 6.10 Å². The number of benzene rings is 1. The minimum Gasteiger partial charge on any atom is -0.454 e. The van der Waals surface area contributed by atoms with Crippen LogP contribution in [0.3, 0.4) is 0 Å². The molecular weight excluding hydrogens is 250 g/mol. The van der Waals surface area contributed by atoms with Crippen LogP contribution in [-0.4, -0.2) is 12.0 Å². The van der Waals surface area contributed by atoms with Gasteiger partial charge < -0.3 is 10.1 Å². The molecule has 0 bridgehead atoms. The lowest BCUT2D eigenvalue weighted by Gasteiger charge is -2.40. The van der Waals surface area contributed by atoms with Gasteiger partial charge in [-0.2, -0.15) is 0 Å². The number of hydrogen-bond acceptors (Lipinski definition) is 3. The molecule has 3 rings (SSSR count). The molecule has 0 spiro atoms. The molecule has 3 heteroatoms. The minimum atomic E-state index is -0.229. The van der Waals surface area contributed by atoms with Crippen LogP contribution in [0.25, 0.3) is 6.08 Å². The average molecular weight is 271 g/mol. The molecular formula is C17H21NO2. The van der Waals surface area contributed by atoms with Gasteiger partial charge in [0.25, 0.3) is 0 Å². The SMILES string of the molecule is CCCC1Nc2cccc3c2C(OC(=O)C=C3)C1CC. The van der Waals surface area contributed by atoms with Crippen LogP contribution in [0.4, 0.5) is 5.69 Å². The van der Waals surface area contributed by atoms with Crippen LogP contribution in [0.2, 0.25) is 0 Å². The van der Waals surface area contributed by atoms with Crippen molar-refractivity contribution in [3.63, 3.8) is 0 Å². The molecule has 0 radical (unpaired) electrons. The molecule has 3 unspecified atom stereocenters. The minimum absolute atomic E-state index is 0.119. The average Bonchev–Trinajstić information content (AvgIpc) is 2.61. The van der Waals surface area contributed by atoms with Gasteiger partial charge in [0.05, 0.1) is 0 Å². The van der Waals surface area contributed by atoms with Crippen molar-refractivity contribution in [1.82, 2.24) is 0 Å². The molecule has 0 aromatic heterocycles. The van der Waals surface area contributed by atoms with Gasteiger partial charge in [0.15, 0.2) is 0 Å².